The zero-order valence-corrected chi connectivity index (χ0v) is 11.2. The maximum atomic E-state index is 12.1. The minimum absolute atomic E-state index is 0.00921. The SMILES string of the molecule is CC1=C2C(=O)C[C@H](C)[C@@H]2[C@H]2OC(=O)[C@@H](C)[C@@H]2CC1. The van der Waals surface area contributed by atoms with Crippen molar-refractivity contribution in [2.24, 2.45) is 23.7 Å². The van der Waals surface area contributed by atoms with Gasteiger partial charge in [0, 0.05) is 23.8 Å². The molecule has 0 aromatic rings. The van der Waals surface area contributed by atoms with Crippen LogP contribution in [-0.2, 0) is 14.3 Å². The maximum absolute atomic E-state index is 12.1. The average Bonchev–Trinajstić information content (AvgIpc) is 2.68. The van der Waals surface area contributed by atoms with Gasteiger partial charge in [-0.2, -0.15) is 0 Å². The molecular weight excluding hydrogens is 228 g/mol. The number of hydrogen-bond donors (Lipinski definition) is 0. The summed E-state index contributed by atoms with van der Waals surface area (Å²) in [5, 5.41) is 0. The summed E-state index contributed by atoms with van der Waals surface area (Å²) in [5.41, 5.74) is 2.21. The fourth-order valence-corrected chi connectivity index (χ4v) is 4.07. The molecule has 2 aliphatic carbocycles. The first-order valence-corrected chi connectivity index (χ1v) is 6.94. The van der Waals surface area contributed by atoms with E-state index >= 15 is 0 Å². The molecule has 1 heterocycles. The second-order valence-corrected chi connectivity index (χ2v) is 6.22. The number of ether oxygens (including phenoxy) is 1. The Morgan fingerprint density at radius 1 is 1.22 bits per heavy atom. The van der Waals surface area contributed by atoms with Crippen LogP contribution >= 0.6 is 0 Å². The molecule has 1 aliphatic heterocycles. The first-order chi connectivity index (χ1) is 8.50. The lowest BCUT2D eigenvalue weighted by Gasteiger charge is -2.26. The highest BCUT2D eigenvalue weighted by Crippen LogP contribution is 2.49. The van der Waals surface area contributed by atoms with E-state index in [1.807, 2.05) is 6.92 Å². The molecular formula is C15H20O3. The van der Waals surface area contributed by atoms with E-state index in [9.17, 15) is 9.59 Å². The fourth-order valence-electron chi connectivity index (χ4n) is 4.07. The number of carbonyl (C=O) groups is 2. The van der Waals surface area contributed by atoms with Gasteiger partial charge in [0.15, 0.2) is 5.78 Å². The number of hydrogen-bond acceptors (Lipinski definition) is 3. The number of Topliss-reactive ketones (excluding diaryl/α,β-unsaturated/α-hetero) is 1. The van der Waals surface area contributed by atoms with Crippen molar-refractivity contribution < 1.29 is 14.3 Å². The van der Waals surface area contributed by atoms with Gasteiger partial charge in [-0.3, -0.25) is 9.59 Å². The number of rotatable bonds is 0. The second kappa shape index (κ2) is 3.94. The summed E-state index contributed by atoms with van der Waals surface area (Å²) in [6, 6.07) is 0. The Morgan fingerprint density at radius 3 is 2.67 bits per heavy atom. The van der Waals surface area contributed by atoms with Gasteiger partial charge < -0.3 is 4.74 Å². The van der Waals surface area contributed by atoms with Gasteiger partial charge >= 0.3 is 5.97 Å². The molecule has 0 aromatic carbocycles. The highest BCUT2D eigenvalue weighted by Gasteiger charge is 2.52. The van der Waals surface area contributed by atoms with Gasteiger partial charge in [0.1, 0.15) is 6.10 Å². The molecule has 98 valence electrons. The van der Waals surface area contributed by atoms with E-state index in [-0.39, 0.29) is 29.7 Å². The molecule has 0 spiro atoms. The third kappa shape index (κ3) is 1.49. The Balaban J connectivity index is 2.04. The Kier molecular flexibility index (Phi) is 2.61. The van der Waals surface area contributed by atoms with E-state index in [0.717, 1.165) is 18.4 Å². The average molecular weight is 248 g/mol. The highest BCUT2D eigenvalue weighted by atomic mass is 16.6. The van der Waals surface area contributed by atoms with Gasteiger partial charge in [0.05, 0.1) is 5.92 Å². The molecule has 0 bridgehead atoms. The predicted octanol–water partition coefficient (Wildman–Crippen LogP) is 2.50. The normalized spacial score (nSPS) is 43.6. The Hall–Kier alpha value is -1.12. The molecule has 1 saturated heterocycles. The van der Waals surface area contributed by atoms with Crippen molar-refractivity contribution in [1.82, 2.24) is 0 Å². The molecule has 3 rings (SSSR count). The molecule has 3 nitrogen and oxygen atoms in total. The lowest BCUT2D eigenvalue weighted by molar-refractivity contribution is -0.145. The predicted molar refractivity (Wildman–Crippen MR) is 66.7 cm³/mol. The second-order valence-electron chi connectivity index (χ2n) is 6.22. The van der Waals surface area contributed by atoms with Gasteiger partial charge in [0.2, 0.25) is 0 Å². The van der Waals surface area contributed by atoms with Crippen molar-refractivity contribution in [1.29, 1.82) is 0 Å². The van der Waals surface area contributed by atoms with E-state index in [4.69, 9.17) is 4.74 Å². The number of esters is 1. The van der Waals surface area contributed by atoms with E-state index in [1.165, 1.54) is 5.57 Å². The third-order valence-electron chi connectivity index (χ3n) is 5.11. The molecule has 2 fully saturated rings. The van der Waals surface area contributed by atoms with Crippen molar-refractivity contribution in [2.75, 3.05) is 0 Å². The molecule has 18 heavy (non-hydrogen) atoms. The Labute approximate surface area is 108 Å². The highest BCUT2D eigenvalue weighted by molar-refractivity contribution is 5.99. The molecule has 0 aromatic heterocycles. The standard InChI is InChI=1S/C15H20O3/c1-7-4-5-10-9(3)15(17)18-14(10)13-8(2)6-11(16)12(7)13/h8-10,13-14H,4-6H2,1-3H3/t8-,9-,10-,13-,14-/m0/s1. The molecule has 0 N–H and O–H groups in total. The molecule has 5 atom stereocenters. The smallest absolute Gasteiger partial charge is 0.309 e. The summed E-state index contributed by atoms with van der Waals surface area (Å²) in [6.07, 6.45) is 2.48. The van der Waals surface area contributed by atoms with Crippen LogP contribution in [0.4, 0.5) is 0 Å². The molecule has 0 radical (unpaired) electrons. The zero-order chi connectivity index (χ0) is 13.0. The number of fused-ring (bicyclic) bond motifs is 3. The summed E-state index contributed by atoms with van der Waals surface area (Å²) in [4.78, 5) is 23.9. The van der Waals surface area contributed by atoms with Crippen LogP contribution in [0.2, 0.25) is 0 Å². The van der Waals surface area contributed by atoms with E-state index in [0.29, 0.717) is 18.3 Å². The molecule has 0 amide bonds. The third-order valence-corrected chi connectivity index (χ3v) is 5.11. The van der Waals surface area contributed by atoms with Crippen LogP contribution < -0.4 is 0 Å². The van der Waals surface area contributed by atoms with Crippen LogP contribution in [0.5, 0.6) is 0 Å². The van der Waals surface area contributed by atoms with Crippen molar-refractivity contribution in [2.45, 2.75) is 46.1 Å². The molecule has 3 aliphatic rings. The molecule has 3 heteroatoms. The van der Waals surface area contributed by atoms with Crippen LogP contribution in [0.3, 0.4) is 0 Å². The number of allylic oxidation sites excluding steroid dienone is 1. The summed E-state index contributed by atoms with van der Waals surface area (Å²) in [5.74, 6) is 0.954. The minimum atomic E-state index is -0.0737. The van der Waals surface area contributed by atoms with Crippen LogP contribution in [0.1, 0.15) is 40.0 Å². The summed E-state index contributed by atoms with van der Waals surface area (Å²) in [6.45, 7) is 6.16. The summed E-state index contributed by atoms with van der Waals surface area (Å²) < 4.78 is 5.61. The monoisotopic (exact) mass is 248 g/mol. The van der Waals surface area contributed by atoms with Crippen molar-refractivity contribution in [3.8, 4) is 0 Å². The van der Waals surface area contributed by atoms with Gasteiger partial charge in [0.25, 0.3) is 0 Å². The maximum Gasteiger partial charge on any atom is 0.309 e. The zero-order valence-electron chi connectivity index (χ0n) is 11.2. The summed E-state index contributed by atoms with van der Waals surface area (Å²) >= 11 is 0. The first kappa shape index (κ1) is 11.9. The van der Waals surface area contributed by atoms with E-state index in [2.05, 4.69) is 13.8 Å². The first-order valence-electron chi connectivity index (χ1n) is 6.94. The van der Waals surface area contributed by atoms with Gasteiger partial charge in [-0.1, -0.05) is 19.4 Å². The van der Waals surface area contributed by atoms with Crippen LogP contribution in [0.25, 0.3) is 0 Å². The fraction of sp³-hybridized carbons (Fsp3) is 0.733. The van der Waals surface area contributed by atoms with Crippen molar-refractivity contribution in [3.05, 3.63) is 11.1 Å². The number of ketones is 1. The number of carbonyl (C=O) groups excluding carboxylic acids is 2. The Bertz CT molecular complexity index is 449. The van der Waals surface area contributed by atoms with Gasteiger partial charge in [-0.15, -0.1) is 0 Å². The summed E-state index contributed by atoms with van der Waals surface area (Å²) in [7, 11) is 0. The molecule has 1 saturated carbocycles. The quantitative estimate of drug-likeness (QED) is 0.619. The van der Waals surface area contributed by atoms with Crippen LogP contribution in [0.15, 0.2) is 11.1 Å². The largest absolute Gasteiger partial charge is 0.461 e. The van der Waals surface area contributed by atoms with Crippen molar-refractivity contribution >= 4 is 11.8 Å². The lowest BCUT2D eigenvalue weighted by atomic mass is 9.80. The Morgan fingerprint density at radius 2 is 1.94 bits per heavy atom. The van der Waals surface area contributed by atoms with Crippen LogP contribution in [0, 0.1) is 23.7 Å². The van der Waals surface area contributed by atoms with Gasteiger partial charge in [-0.25, -0.2) is 0 Å². The minimum Gasteiger partial charge on any atom is -0.461 e. The van der Waals surface area contributed by atoms with E-state index in [1.54, 1.807) is 0 Å². The van der Waals surface area contributed by atoms with Crippen molar-refractivity contribution in [3.63, 3.8) is 0 Å². The van der Waals surface area contributed by atoms with Crippen LogP contribution in [-0.4, -0.2) is 17.9 Å². The lowest BCUT2D eigenvalue weighted by Crippen LogP contribution is -2.29. The topological polar surface area (TPSA) is 43.4 Å². The molecule has 0 unspecified atom stereocenters. The van der Waals surface area contributed by atoms with E-state index < -0.39 is 0 Å². The van der Waals surface area contributed by atoms with Gasteiger partial charge in [-0.05, 0) is 25.7 Å².